The molecule has 25 heavy (non-hydrogen) atoms. The maximum atomic E-state index is 5.36. The van der Waals surface area contributed by atoms with Crippen LogP contribution in [0.4, 0.5) is 0 Å². The molecule has 0 radical (unpaired) electrons. The van der Waals surface area contributed by atoms with Crippen molar-refractivity contribution in [3.63, 3.8) is 0 Å². The van der Waals surface area contributed by atoms with Gasteiger partial charge in [-0.1, -0.05) is 5.92 Å². The van der Waals surface area contributed by atoms with E-state index in [0.29, 0.717) is 19.0 Å². The van der Waals surface area contributed by atoms with E-state index < -0.39 is 0 Å². The molecule has 0 aliphatic carbocycles. The van der Waals surface area contributed by atoms with Gasteiger partial charge in [-0.15, -0.1) is 40.6 Å². The van der Waals surface area contributed by atoms with E-state index in [9.17, 15) is 0 Å². The molecule has 8 nitrogen and oxygen atoms in total. The number of nitrogens with zero attached hydrogens (tertiary/aromatic N) is 5. The fourth-order valence-electron chi connectivity index (χ4n) is 2.38. The number of aryl methyl sites for hydroxylation is 1. The maximum absolute atomic E-state index is 5.36. The zero-order chi connectivity index (χ0) is 17.2. The third-order valence-corrected chi connectivity index (χ3v) is 3.97. The number of hydrogen-bond donors (Lipinski definition) is 2. The van der Waals surface area contributed by atoms with Crippen LogP contribution in [0.25, 0.3) is 0 Å². The molecule has 140 valence electrons. The summed E-state index contributed by atoms with van der Waals surface area (Å²) in [7, 11) is 1.94. The van der Waals surface area contributed by atoms with Gasteiger partial charge < -0.3 is 19.9 Å². The van der Waals surface area contributed by atoms with Crippen LogP contribution in [-0.4, -0.2) is 71.6 Å². The normalized spacial score (nSPS) is 15.3. The first-order chi connectivity index (χ1) is 11.7. The fraction of sp³-hybridized carbons (Fsp3) is 0.688. The van der Waals surface area contributed by atoms with Crippen LogP contribution in [0.1, 0.15) is 18.1 Å². The van der Waals surface area contributed by atoms with E-state index in [1.54, 1.807) is 0 Å². The summed E-state index contributed by atoms with van der Waals surface area (Å²) in [5.41, 5.74) is 0. The lowest BCUT2D eigenvalue weighted by Gasteiger charge is -2.26. The van der Waals surface area contributed by atoms with Crippen molar-refractivity contribution in [1.82, 2.24) is 30.3 Å². The predicted molar refractivity (Wildman–Crippen MR) is 109 cm³/mol. The number of rotatable bonds is 7. The molecule has 9 heteroatoms. The first-order valence-corrected chi connectivity index (χ1v) is 8.31. The Balaban J connectivity index is 0.00000312. The highest BCUT2D eigenvalue weighted by Crippen LogP contribution is 1.99. The molecular formula is C16H28IN7O. The van der Waals surface area contributed by atoms with Gasteiger partial charge in [-0.25, -0.2) is 4.99 Å². The topological polar surface area (TPSA) is 79.6 Å². The molecule has 0 spiro atoms. The van der Waals surface area contributed by atoms with Crippen molar-refractivity contribution in [2.24, 2.45) is 12.0 Å². The lowest BCUT2D eigenvalue weighted by atomic mass is 10.3. The largest absolute Gasteiger partial charge is 0.379 e. The highest BCUT2D eigenvalue weighted by Gasteiger charge is 2.09. The van der Waals surface area contributed by atoms with Crippen molar-refractivity contribution < 1.29 is 4.74 Å². The Labute approximate surface area is 166 Å². The maximum Gasteiger partial charge on any atom is 0.192 e. The Bertz CT molecular complexity index is 576. The van der Waals surface area contributed by atoms with E-state index >= 15 is 0 Å². The minimum absolute atomic E-state index is 0. The molecule has 1 aromatic rings. The van der Waals surface area contributed by atoms with Crippen molar-refractivity contribution in [1.29, 1.82) is 0 Å². The van der Waals surface area contributed by atoms with Crippen LogP contribution in [0.2, 0.25) is 0 Å². The number of morpholine rings is 1. The molecule has 0 atom stereocenters. The van der Waals surface area contributed by atoms with Crippen molar-refractivity contribution in [3.05, 3.63) is 11.6 Å². The number of nitrogens with one attached hydrogen (secondary N) is 2. The number of aromatic nitrogens is 3. The molecule has 1 aliphatic rings. The van der Waals surface area contributed by atoms with Crippen molar-refractivity contribution >= 4 is 29.9 Å². The van der Waals surface area contributed by atoms with Crippen LogP contribution in [-0.2, 0) is 18.3 Å². The highest BCUT2D eigenvalue weighted by atomic mass is 127. The Morgan fingerprint density at radius 3 is 2.72 bits per heavy atom. The minimum Gasteiger partial charge on any atom is -0.379 e. The molecule has 0 saturated carbocycles. The van der Waals surface area contributed by atoms with Crippen LogP contribution in [0.15, 0.2) is 4.99 Å². The summed E-state index contributed by atoms with van der Waals surface area (Å²) in [5, 5.41) is 14.6. The number of hydrogen-bond acceptors (Lipinski definition) is 5. The summed E-state index contributed by atoms with van der Waals surface area (Å²) in [5.74, 6) is 4.96. The molecule has 0 unspecified atom stereocenters. The number of guanidine groups is 1. The Morgan fingerprint density at radius 2 is 2.08 bits per heavy atom. The van der Waals surface area contributed by atoms with Gasteiger partial charge in [-0.2, -0.15) is 0 Å². The third kappa shape index (κ3) is 7.58. The fourth-order valence-corrected chi connectivity index (χ4v) is 2.38. The smallest absolute Gasteiger partial charge is 0.192 e. The SMILES string of the molecule is C#CCNC(=NCc1nnc(C)n1C)NCCCN1CCOCC1.I. The molecule has 2 heterocycles. The standard InChI is InChI=1S/C16H27N7O.HI/c1-4-6-17-16(19-13-15-21-20-14(2)22(15)3)18-7-5-8-23-9-11-24-12-10-23;/h1H,5-13H2,2-3H3,(H2,17,18,19);1H. The van der Waals surface area contributed by atoms with Gasteiger partial charge in [-0.05, 0) is 19.9 Å². The second-order valence-corrected chi connectivity index (χ2v) is 5.68. The number of halogens is 1. The molecule has 2 N–H and O–H groups in total. The summed E-state index contributed by atoms with van der Waals surface area (Å²) in [4.78, 5) is 6.95. The number of aliphatic imine (C=N–C) groups is 1. The summed E-state index contributed by atoms with van der Waals surface area (Å²) in [6.07, 6.45) is 6.37. The lowest BCUT2D eigenvalue weighted by molar-refractivity contribution is 0.0376. The molecule has 2 rings (SSSR count). The molecule has 1 fully saturated rings. The van der Waals surface area contributed by atoms with Gasteiger partial charge in [0, 0.05) is 26.7 Å². The third-order valence-electron chi connectivity index (χ3n) is 3.97. The van der Waals surface area contributed by atoms with E-state index in [4.69, 9.17) is 11.2 Å². The van der Waals surface area contributed by atoms with Crippen molar-refractivity contribution in [2.75, 3.05) is 45.9 Å². The first-order valence-electron chi connectivity index (χ1n) is 8.31. The monoisotopic (exact) mass is 461 g/mol. The summed E-state index contributed by atoms with van der Waals surface area (Å²) in [6.45, 7) is 8.41. The van der Waals surface area contributed by atoms with Crippen molar-refractivity contribution in [3.8, 4) is 12.3 Å². The molecule has 0 aromatic carbocycles. The average Bonchev–Trinajstić information content (AvgIpc) is 2.93. The van der Waals surface area contributed by atoms with Crippen LogP contribution in [0, 0.1) is 19.3 Å². The van der Waals surface area contributed by atoms with Gasteiger partial charge in [0.1, 0.15) is 12.4 Å². The second-order valence-electron chi connectivity index (χ2n) is 5.68. The van der Waals surface area contributed by atoms with E-state index in [1.807, 2.05) is 18.5 Å². The summed E-state index contributed by atoms with van der Waals surface area (Å²) in [6, 6.07) is 0. The van der Waals surface area contributed by atoms with E-state index in [2.05, 4.69) is 36.6 Å². The lowest BCUT2D eigenvalue weighted by Crippen LogP contribution is -2.41. The van der Waals surface area contributed by atoms with Crippen LogP contribution in [0.3, 0.4) is 0 Å². The molecular weight excluding hydrogens is 433 g/mol. The minimum atomic E-state index is 0. The molecule has 1 aromatic heterocycles. The van der Waals surface area contributed by atoms with Gasteiger partial charge in [0.05, 0.1) is 19.8 Å². The zero-order valence-corrected chi connectivity index (χ0v) is 17.3. The van der Waals surface area contributed by atoms with Crippen LogP contribution in [0.5, 0.6) is 0 Å². The number of terminal acetylenes is 1. The van der Waals surface area contributed by atoms with Gasteiger partial charge in [0.2, 0.25) is 0 Å². The quantitative estimate of drug-likeness (QED) is 0.198. The zero-order valence-electron chi connectivity index (χ0n) is 15.0. The Kier molecular flexibility index (Phi) is 10.4. The molecule has 0 amide bonds. The van der Waals surface area contributed by atoms with E-state index in [0.717, 1.165) is 57.5 Å². The van der Waals surface area contributed by atoms with Crippen molar-refractivity contribution in [2.45, 2.75) is 19.9 Å². The van der Waals surface area contributed by atoms with Gasteiger partial charge in [0.25, 0.3) is 0 Å². The van der Waals surface area contributed by atoms with Gasteiger partial charge >= 0.3 is 0 Å². The average molecular weight is 461 g/mol. The molecule has 1 saturated heterocycles. The molecule has 0 bridgehead atoms. The number of ether oxygens (including phenoxy) is 1. The van der Waals surface area contributed by atoms with Crippen LogP contribution < -0.4 is 10.6 Å². The van der Waals surface area contributed by atoms with Gasteiger partial charge in [0.15, 0.2) is 11.8 Å². The predicted octanol–water partition coefficient (Wildman–Crippen LogP) is 0.132. The Hall–Kier alpha value is -1.38. The van der Waals surface area contributed by atoms with Crippen LogP contribution >= 0.6 is 24.0 Å². The summed E-state index contributed by atoms with van der Waals surface area (Å²) >= 11 is 0. The summed E-state index contributed by atoms with van der Waals surface area (Å²) < 4.78 is 7.29. The second kappa shape index (κ2) is 12.1. The van der Waals surface area contributed by atoms with E-state index in [1.165, 1.54) is 0 Å². The van der Waals surface area contributed by atoms with E-state index in [-0.39, 0.29) is 24.0 Å². The highest BCUT2D eigenvalue weighted by molar-refractivity contribution is 14.0. The molecule has 1 aliphatic heterocycles. The Morgan fingerprint density at radius 1 is 1.32 bits per heavy atom. The first kappa shape index (κ1) is 21.7. The van der Waals surface area contributed by atoms with Gasteiger partial charge in [-0.3, -0.25) is 4.90 Å².